The molecule has 0 aliphatic rings. The highest BCUT2D eigenvalue weighted by molar-refractivity contribution is 5.81. The molecule has 2 N–H and O–H groups in total. The summed E-state index contributed by atoms with van der Waals surface area (Å²) in [6, 6.07) is 9.60. The van der Waals surface area contributed by atoms with Crippen LogP contribution in [0.15, 0.2) is 35.3 Å². The van der Waals surface area contributed by atoms with E-state index >= 15 is 0 Å². The standard InChI is InChI=1S/C9H11FN2/c10-6-9(11)12-7-8-4-2-1-3-5-8/h1-5H,6-7H2,(H2,11,12). The van der Waals surface area contributed by atoms with Crippen molar-refractivity contribution in [2.24, 2.45) is 10.7 Å². The molecule has 1 rings (SSSR count). The number of hydrogen-bond acceptors (Lipinski definition) is 1. The first-order valence-electron chi connectivity index (χ1n) is 3.71. The van der Waals surface area contributed by atoms with Crippen molar-refractivity contribution in [3.8, 4) is 0 Å². The highest BCUT2D eigenvalue weighted by Gasteiger charge is 1.90. The van der Waals surface area contributed by atoms with Gasteiger partial charge in [0.1, 0.15) is 12.5 Å². The Morgan fingerprint density at radius 3 is 2.58 bits per heavy atom. The summed E-state index contributed by atoms with van der Waals surface area (Å²) in [6.07, 6.45) is 0. The lowest BCUT2D eigenvalue weighted by Gasteiger charge is -1.95. The van der Waals surface area contributed by atoms with Crippen molar-refractivity contribution < 1.29 is 4.39 Å². The molecule has 12 heavy (non-hydrogen) atoms. The third-order valence-electron chi connectivity index (χ3n) is 1.44. The highest BCUT2D eigenvalue weighted by atomic mass is 19.1. The van der Waals surface area contributed by atoms with Crippen LogP contribution in [-0.2, 0) is 6.54 Å². The first-order valence-corrected chi connectivity index (χ1v) is 3.71. The third kappa shape index (κ3) is 2.70. The summed E-state index contributed by atoms with van der Waals surface area (Å²) < 4.78 is 11.8. The van der Waals surface area contributed by atoms with Crippen LogP contribution in [0.2, 0.25) is 0 Å². The molecule has 2 nitrogen and oxygen atoms in total. The second-order valence-corrected chi connectivity index (χ2v) is 2.43. The summed E-state index contributed by atoms with van der Waals surface area (Å²) in [5.74, 6) is 0.0545. The molecular formula is C9H11FN2. The van der Waals surface area contributed by atoms with Gasteiger partial charge in [-0.05, 0) is 5.56 Å². The molecule has 1 aromatic rings. The number of nitrogens with two attached hydrogens (primary N) is 1. The number of amidine groups is 1. The van der Waals surface area contributed by atoms with Gasteiger partial charge in [0.2, 0.25) is 0 Å². The Hall–Kier alpha value is -1.38. The average molecular weight is 166 g/mol. The van der Waals surface area contributed by atoms with Crippen LogP contribution in [0.25, 0.3) is 0 Å². The molecule has 0 spiro atoms. The Morgan fingerprint density at radius 2 is 2.00 bits per heavy atom. The fraction of sp³-hybridized carbons (Fsp3) is 0.222. The Balaban J connectivity index is 2.54. The molecule has 0 saturated heterocycles. The van der Waals surface area contributed by atoms with Gasteiger partial charge in [0.15, 0.2) is 0 Å². The molecule has 0 aromatic heterocycles. The molecule has 0 saturated carbocycles. The van der Waals surface area contributed by atoms with Crippen molar-refractivity contribution in [3.63, 3.8) is 0 Å². The average Bonchev–Trinajstić information content (AvgIpc) is 2.16. The van der Waals surface area contributed by atoms with Gasteiger partial charge in [-0.15, -0.1) is 0 Å². The van der Waals surface area contributed by atoms with Crippen LogP contribution in [0.1, 0.15) is 5.56 Å². The molecule has 0 radical (unpaired) electrons. The van der Waals surface area contributed by atoms with E-state index in [1.165, 1.54) is 0 Å². The number of hydrogen-bond donors (Lipinski definition) is 1. The number of benzene rings is 1. The van der Waals surface area contributed by atoms with E-state index in [1.807, 2.05) is 30.3 Å². The largest absolute Gasteiger partial charge is 0.385 e. The maximum atomic E-state index is 11.8. The van der Waals surface area contributed by atoms with Crippen LogP contribution in [0.3, 0.4) is 0 Å². The van der Waals surface area contributed by atoms with Crippen molar-refractivity contribution in [2.75, 3.05) is 6.67 Å². The quantitative estimate of drug-likeness (QED) is 0.536. The van der Waals surface area contributed by atoms with Crippen molar-refractivity contribution in [2.45, 2.75) is 6.54 Å². The summed E-state index contributed by atoms with van der Waals surface area (Å²) in [4.78, 5) is 3.83. The topological polar surface area (TPSA) is 38.4 Å². The minimum atomic E-state index is -0.674. The van der Waals surface area contributed by atoms with Gasteiger partial charge in [0.05, 0.1) is 6.54 Å². The minimum absolute atomic E-state index is 0.0545. The van der Waals surface area contributed by atoms with Crippen molar-refractivity contribution in [1.29, 1.82) is 0 Å². The predicted octanol–water partition coefficient (Wildman–Crippen LogP) is 1.51. The van der Waals surface area contributed by atoms with Gasteiger partial charge >= 0.3 is 0 Å². The van der Waals surface area contributed by atoms with Gasteiger partial charge in [-0.25, -0.2) is 4.39 Å². The van der Waals surface area contributed by atoms with E-state index < -0.39 is 6.67 Å². The fourth-order valence-electron chi connectivity index (χ4n) is 0.819. The molecule has 0 heterocycles. The second-order valence-electron chi connectivity index (χ2n) is 2.43. The first kappa shape index (κ1) is 8.71. The van der Waals surface area contributed by atoms with E-state index in [0.29, 0.717) is 6.54 Å². The molecule has 0 fully saturated rings. The fourth-order valence-corrected chi connectivity index (χ4v) is 0.819. The maximum absolute atomic E-state index is 11.8. The Bertz CT molecular complexity index is 256. The molecule has 0 atom stereocenters. The van der Waals surface area contributed by atoms with E-state index in [-0.39, 0.29) is 5.84 Å². The molecule has 0 aliphatic carbocycles. The van der Waals surface area contributed by atoms with Gasteiger partial charge in [-0.3, -0.25) is 4.99 Å². The zero-order chi connectivity index (χ0) is 8.81. The summed E-state index contributed by atoms with van der Waals surface area (Å²) in [5, 5.41) is 0. The van der Waals surface area contributed by atoms with Gasteiger partial charge < -0.3 is 5.73 Å². The number of halogens is 1. The van der Waals surface area contributed by atoms with Crippen LogP contribution in [0.4, 0.5) is 4.39 Å². The summed E-state index contributed by atoms with van der Waals surface area (Å²) in [6.45, 7) is -0.219. The van der Waals surface area contributed by atoms with E-state index in [4.69, 9.17) is 5.73 Å². The molecule has 64 valence electrons. The Labute approximate surface area is 70.9 Å². The molecule has 0 amide bonds. The lowest BCUT2D eigenvalue weighted by Crippen LogP contribution is -2.13. The highest BCUT2D eigenvalue weighted by Crippen LogP contribution is 1.99. The van der Waals surface area contributed by atoms with Gasteiger partial charge in [0.25, 0.3) is 0 Å². The Morgan fingerprint density at radius 1 is 1.33 bits per heavy atom. The summed E-state index contributed by atoms with van der Waals surface area (Å²) >= 11 is 0. The smallest absolute Gasteiger partial charge is 0.146 e. The summed E-state index contributed by atoms with van der Waals surface area (Å²) in [7, 11) is 0. The number of nitrogens with zero attached hydrogens (tertiary/aromatic N) is 1. The lowest BCUT2D eigenvalue weighted by molar-refractivity contribution is 0.577. The minimum Gasteiger partial charge on any atom is -0.385 e. The maximum Gasteiger partial charge on any atom is 0.146 e. The van der Waals surface area contributed by atoms with E-state index in [2.05, 4.69) is 4.99 Å². The lowest BCUT2D eigenvalue weighted by atomic mass is 10.2. The monoisotopic (exact) mass is 166 g/mol. The van der Waals surface area contributed by atoms with Crippen LogP contribution in [0, 0.1) is 0 Å². The molecule has 0 bridgehead atoms. The molecular weight excluding hydrogens is 155 g/mol. The van der Waals surface area contributed by atoms with Gasteiger partial charge in [-0.2, -0.15) is 0 Å². The predicted molar refractivity (Wildman–Crippen MR) is 47.7 cm³/mol. The van der Waals surface area contributed by atoms with Crippen LogP contribution in [-0.4, -0.2) is 12.5 Å². The van der Waals surface area contributed by atoms with Crippen LogP contribution < -0.4 is 5.73 Å². The molecule has 0 aliphatic heterocycles. The van der Waals surface area contributed by atoms with E-state index in [1.54, 1.807) is 0 Å². The van der Waals surface area contributed by atoms with Crippen LogP contribution >= 0.6 is 0 Å². The van der Waals surface area contributed by atoms with Crippen molar-refractivity contribution in [1.82, 2.24) is 0 Å². The first-order chi connectivity index (χ1) is 5.83. The van der Waals surface area contributed by atoms with Gasteiger partial charge in [-0.1, -0.05) is 30.3 Å². The molecule has 3 heteroatoms. The number of rotatable bonds is 3. The Kier molecular flexibility index (Phi) is 3.26. The number of alkyl halides is 1. The third-order valence-corrected chi connectivity index (χ3v) is 1.44. The second kappa shape index (κ2) is 4.49. The number of aliphatic imine (C=N–C) groups is 1. The summed E-state index contributed by atoms with van der Waals surface area (Å²) in [5.41, 5.74) is 6.23. The van der Waals surface area contributed by atoms with E-state index in [9.17, 15) is 4.39 Å². The van der Waals surface area contributed by atoms with E-state index in [0.717, 1.165) is 5.56 Å². The van der Waals surface area contributed by atoms with Crippen LogP contribution in [0.5, 0.6) is 0 Å². The molecule has 1 aromatic carbocycles. The zero-order valence-corrected chi connectivity index (χ0v) is 6.70. The zero-order valence-electron chi connectivity index (χ0n) is 6.70. The van der Waals surface area contributed by atoms with Crippen molar-refractivity contribution >= 4 is 5.84 Å². The molecule has 0 unspecified atom stereocenters. The van der Waals surface area contributed by atoms with Gasteiger partial charge in [0, 0.05) is 0 Å². The normalized spacial score (nSPS) is 11.6. The SMILES string of the molecule is NC(CF)=NCc1ccccc1. The van der Waals surface area contributed by atoms with Crippen molar-refractivity contribution in [3.05, 3.63) is 35.9 Å².